The first-order valence-corrected chi connectivity index (χ1v) is 5.26. The van der Waals surface area contributed by atoms with Gasteiger partial charge in [0.25, 0.3) is 0 Å². The minimum absolute atomic E-state index is 0.0552. The normalized spacial score (nSPS) is 11.0. The molecule has 1 aromatic carbocycles. The van der Waals surface area contributed by atoms with E-state index in [1.54, 1.807) is 11.3 Å². The van der Waals surface area contributed by atoms with Gasteiger partial charge < -0.3 is 5.11 Å². The third-order valence-electron chi connectivity index (χ3n) is 2.20. The van der Waals surface area contributed by atoms with Crippen LogP contribution in [-0.2, 0) is 6.61 Å². The minimum atomic E-state index is 0.0552. The summed E-state index contributed by atoms with van der Waals surface area (Å²) in [7, 11) is 0. The highest BCUT2D eigenvalue weighted by molar-refractivity contribution is 7.17. The molecule has 68 valence electrons. The average Bonchev–Trinajstić information content (AvgIpc) is 2.49. The van der Waals surface area contributed by atoms with E-state index in [0.717, 1.165) is 26.2 Å². The SMILES string of the molecule is Cc1ccc2scc(Cl)c2c1CO. The molecule has 0 radical (unpaired) electrons. The second kappa shape index (κ2) is 3.29. The van der Waals surface area contributed by atoms with Crippen molar-refractivity contribution in [2.24, 2.45) is 0 Å². The summed E-state index contributed by atoms with van der Waals surface area (Å²) in [6.45, 7) is 2.04. The van der Waals surface area contributed by atoms with Crippen LogP contribution in [0.15, 0.2) is 17.5 Å². The summed E-state index contributed by atoms with van der Waals surface area (Å²) in [6.07, 6.45) is 0. The van der Waals surface area contributed by atoms with Crippen molar-refractivity contribution < 1.29 is 5.11 Å². The monoisotopic (exact) mass is 212 g/mol. The molecular formula is C10H9ClOS. The Balaban J connectivity index is 2.88. The van der Waals surface area contributed by atoms with E-state index in [4.69, 9.17) is 11.6 Å². The Morgan fingerprint density at radius 1 is 1.46 bits per heavy atom. The van der Waals surface area contributed by atoms with E-state index >= 15 is 0 Å². The van der Waals surface area contributed by atoms with Gasteiger partial charge in [-0.3, -0.25) is 0 Å². The highest BCUT2D eigenvalue weighted by Gasteiger charge is 2.08. The maximum atomic E-state index is 9.21. The Kier molecular flexibility index (Phi) is 2.28. The molecule has 1 nitrogen and oxygen atoms in total. The van der Waals surface area contributed by atoms with E-state index in [1.165, 1.54) is 0 Å². The molecule has 0 unspecified atom stereocenters. The lowest BCUT2D eigenvalue weighted by Gasteiger charge is -2.03. The first-order valence-electron chi connectivity index (χ1n) is 4.00. The van der Waals surface area contributed by atoms with Gasteiger partial charge in [0.1, 0.15) is 0 Å². The van der Waals surface area contributed by atoms with E-state index in [-0.39, 0.29) is 6.61 Å². The smallest absolute Gasteiger partial charge is 0.0691 e. The third kappa shape index (κ3) is 1.35. The fourth-order valence-corrected chi connectivity index (χ4v) is 2.72. The standard InChI is InChI=1S/C10H9ClOS/c1-6-2-3-9-10(7(6)4-12)8(11)5-13-9/h2-3,5,12H,4H2,1H3. The van der Waals surface area contributed by atoms with Gasteiger partial charge >= 0.3 is 0 Å². The lowest BCUT2D eigenvalue weighted by Crippen LogP contribution is -1.88. The van der Waals surface area contributed by atoms with E-state index in [1.807, 2.05) is 24.4 Å². The molecular weight excluding hydrogens is 204 g/mol. The van der Waals surface area contributed by atoms with Gasteiger partial charge in [-0.15, -0.1) is 11.3 Å². The Morgan fingerprint density at radius 3 is 2.92 bits per heavy atom. The summed E-state index contributed by atoms with van der Waals surface area (Å²) in [5, 5.41) is 12.9. The van der Waals surface area contributed by atoms with E-state index < -0.39 is 0 Å². The zero-order valence-corrected chi connectivity index (χ0v) is 8.75. The topological polar surface area (TPSA) is 20.2 Å². The van der Waals surface area contributed by atoms with Crippen LogP contribution in [0.4, 0.5) is 0 Å². The van der Waals surface area contributed by atoms with E-state index in [9.17, 15) is 5.11 Å². The number of hydrogen-bond donors (Lipinski definition) is 1. The third-order valence-corrected chi connectivity index (χ3v) is 3.57. The highest BCUT2D eigenvalue weighted by Crippen LogP contribution is 2.34. The zero-order valence-electron chi connectivity index (χ0n) is 7.17. The van der Waals surface area contributed by atoms with Crippen LogP contribution in [0.1, 0.15) is 11.1 Å². The largest absolute Gasteiger partial charge is 0.392 e. The van der Waals surface area contributed by atoms with Gasteiger partial charge in [-0.2, -0.15) is 0 Å². The minimum Gasteiger partial charge on any atom is -0.392 e. The van der Waals surface area contributed by atoms with Gasteiger partial charge in [0.2, 0.25) is 0 Å². The van der Waals surface area contributed by atoms with Crippen molar-refractivity contribution in [2.45, 2.75) is 13.5 Å². The Morgan fingerprint density at radius 2 is 2.23 bits per heavy atom. The zero-order chi connectivity index (χ0) is 9.42. The lowest BCUT2D eigenvalue weighted by atomic mass is 10.1. The van der Waals surface area contributed by atoms with Crippen LogP contribution < -0.4 is 0 Å². The summed E-state index contributed by atoms with van der Waals surface area (Å²) in [4.78, 5) is 0. The summed E-state index contributed by atoms with van der Waals surface area (Å²) in [5.74, 6) is 0. The van der Waals surface area contributed by atoms with E-state index in [2.05, 4.69) is 0 Å². The molecule has 0 saturated heterocycles. The van der Waals surface area contributed by atoms with Gasteiger partial charge in [-0.1, -0.05) is 17.7 Å². The molecule has 0 aliphatic heterocycles. The molecule has 1 aromatic heterocycles. The lowest BCUT2D eigenvalue weighted by molar-refractivity contribution is 0.282. The number of thiophene rings is 1. The molecule has 2 rings (SSSR count). The Bertz CT molecular complexity index is 447. The first kappa shape index (κ1) is 9.00. The molecule has 3 heteroatoms. The molecule has 1 heterocycles. The second-order valence-corrected chi connectivity index (χ2v) is 4.29. The molecule has 13 heavy (non-hydrogen) atoms. The highest BCUT2D eigenvalue weighted by atomic mass is 35.5. The fraction of sp³-hybridized carbons (Fsp3) is 0.200. The molecule has 0 aliphatic carbocycles. The number of fused-ring (bicyclic) bond motifs is 1. The number of rotatable bonds is 1. The van der Waals surface area contributed by atoms with Crippen LogP contribution in [0.3, 0.4) is 0 Å². The Hall–Kier alpha value is -0.570. The quantitative estimate of drug-likeness (QED) is 0.769. The van der Waals surface area contributed by atoms with Gasteiger partial charge in [0.15, 0.2) is 0 Å². The van der Waals surface area contributed by atoms with Crippen molar-refractivity contribution in [1.82, 2.24) is 0 Å². The Labute approximate surface area is 85.6 Å². The van der Waals surface area contributed by atoms with Crippen molar-refractivity contribution in [2.75, 3.05) is 0 Å². The number of aliphatic hydroxyl groups excluding tert-OH is 1. The van der Waals surface area contributed by atoms with Crippen LogP contribution >= 0.6 is 22.9 Å². The van der Waals surface area contributed by atoms with Gasteiger partial charge in [0, 0.05) is 15.5 Å². The number of hydrogen-bond acceptors (Lipinski definition) is 2. The summed E-state index contributed by atoms with van der Waals surface area (Å²) < 4.78 is 1.14. The number of aryl methyl sites for hydroxylation is 1. The maximum Gasteiger partial charge on any atom is 0.0691 e. The molecule has 0 atom stereocenters. The van der Waals surface area contributed by atoms with Crippen molar-refractivity contribution in [3.63, 3.8) is 0 Å². The van der Waals surface area contributed by atoms with Gasteiger partial charge in [-0.05, 0) is 24.1 Å². The summed E-state index contributed by atoms with van der Waals surface area (Å²) in [5.41, 5.74) is 2.04. The fourth-order valence-electron chi connectivity index (χ4n) is 1.47. The second-order valence-electron chi connectivity index (χ2n) is 2.98. The number of halogens is 1. The summed E-state index contributed by atoms with van der Waals surface area (Å²) in [6, 6.07) is 4.06. The molecule has 0 spiro atoms. The summed E-state index contributed by atoms with van der Waals surface area (Å²) >= 11 is 7.64. The molecule has 0 fully saturated rings. The predicted octanol–water partition coefficient (Wildman–Crippen LogP) is 3.36. The van der Waals surface area contributed by atoms with Crippen LogP contribution in [0, 0.1) is 6.92 Å². The van der Waals surface area contributed by atoms with Crippen LogP contribution in [0.5, 0.6) is 0 Å². The molecule has 1 N–H and O–H groups in total. The van der Waals surface area contributed by atoms with Crippen molar-refractivity contribution in [1.29, 1.82) is 0 Å². The first-order chi connectivity index (χ1) is 6.24. The van der Waals surface area contributed by atoms with Crippen LogP contribution in [-0.4, -0.2) is 5.11 Å². The molecule has 0 bridgehead atoms. The van der Waals surface area contributed by atoms with Crippen LogP contribution in [0.25, 0.3) is 10.1 Å². The van der Waals surface area contributed by atoms with Gasteiger partial charge in [0.05, 0.1) is 11.6 Å². The molecule has 0 amide bonds. The molecule has 2 aromatic rings. The van der Waals surface area contributed by atoms with Crippen LogP contribution in [0.2, 0.25) is 5.02 Å². The van der Waals surface area contributed by atoms with Gasteiger partial charge in [-0.25, -0.2) is 0 Å². The number of aliphatic hydroxyl groups is 1. The molecule has 0 aliphatic rings. The van der Waals surface area contributed by atoms with Crippen molar-refractivity contribution >= 4 is 33.0 Å². The molecule has 0 saturated carbocycles. The number of benzene rings is 1. The van der Waals surface area contributed by atoms with E-state index in [0.29, 0.717) is 0 Å². The average molecular weight is 213 g/mol. The predicted molar refractivity (Wildman–Crippen MR) is 57.5 cm³/mol. The van der Waals surface area contributed by atoms with Crippen molar-refractivity contribution in [3.05, 3.63) is 33.7 Å². The van der Waals surface area contributed by atoms with Crippen molar-refractivity contribution in [3.8, 4) is 0 Å². The maximum absolute atomic E-state index is 9.21.